The quantitative estimate of drug-likeness (QED) is 0.568. The van der Waals surface area contributed by atoms with Crippen molar-refractivity contribution < 1.29 is 4.74 Å². The van der Waals surface area contributed by atoms with Crippen LogP contribution in [0, 0.1) is 28.6 Å². The zero-order valence-electron chi connectivity index (χ0n) is 11.0. The number of rotatable bonds is 0. The maximum atomic E-state index is 6.23. The van der Waals surface area contributed by atoms with Crippen LogP contribution in [0.25, 0.3) is 0 Å². The number of hydrogen-bond donors (Lipinski definition) is 0. The summed E-state index contributed by atoms with van der Waals surface area (Å²) < 4.78 is 6.23. The highest BCUT2D eigenvalue weighted by atomic mass is 16.6. The molecule has 4 aliphatic rings. The zero-order chi connectivity index (χ0) is 11.3. The minimum Gasteiger partial charge on any atom is -0.365 e. The van der Waals surface area contributed by atoms with E-state index in [0.29, 0.717) is 22.5 Å². The van der Waals surface area contributed by atoms with E-state index in [9.17, 15) is 0 Å². The third-order valence-corrected chi connectivity index (χ3v) is 7.14. The molecule has 0 aromatic rings. The molecule has 6 unspecified atom stereocenters. The Labute approximate surface area is 98.9 Å². The molecule has 1 nitrogen and oxygen atoms in total. The molecular formula is C15H24O. The molecule has 1 heterocycles. The lowest BCUT2D eigenvalue weighted by molar-refractivity contribution is -0.00846. The molecule has 3 aliphatic carbocycles. The third-order valence-electron chi connectivity index (χ3n) is 7.14. The Bertz CT molecular complexity index is 360. The lowest BCUT2D eigenvalue weighted by atomic mass is 9.54. The Morgan fingerprint density at radius 3 is 2.56 bits per heavy atom. The summed E-state index contributed by atoms with van der Waals surface area (Å²) in [5, 5.41) is 0. The summed E-state index contributed by atoms with van der Waals surface area (Å²) in [6, 6.07) is 0. The third kappa shape index (κ3) is 0.776. The fraction of sp³-hybridized carbons (Fsp3) is 1.00. The molecule has 1 spiro atoms. The van der Waals surface area contributed by atoms with Crippen molar-refractivity contribution in [2.45, 2.75) is 65.1 Å². The number of fused-ring (bicyclic) bond motifs is 2. The van der Waals surface area contributed by atoms with Crippen LogP contribution in [0.2, 0.25) is 0 Å². The molecule has 3 saturated carbocycles. The molecule has 0 amide bonds. The van der Waals surface area contributed by atoms with Gasteiger partial charge in [-0.15, -0.1) is 0 Å². The minimum atomic E-state index is 0.319. The maximum absolute atomic E-state index is 6.23. The number of hydrogen-bond acceptors (Lipinski definition) is 1. The normalized spacial score (nSPS) is 65.2. The van der Waals surface area contributed by atoms with E-state index in [2.05, 4.69) is 27.7 Å². The van der Waals surface area contributed by atoms with Crippen molar-refractivity contribution in [1.29, 1.82) is 0 Å². The first-order valence-electron chi connectivity index (χ1n) is 7.12. The predicted molar refractivity (Wildman–Crippen MR) is 64.1 cm³/mol. The fourth-order valence-electron chi connectivity index (χ4n) is 6.01. The van der Waals surface area contributed by atoms with Crippen molar-refractivity contribution in [3.05, 3.63) is 0 Å². The van der Waals surface area contributed by atoms with Crippen molar-refractivity contribution in [1.82, 2.24) is 0 Å². The number of epoxide rings is 1. The monoisotopic (exact) mass is 220 g/mol. The van der Waals surface area contributed by atoms with E-state index in [1.807, 2.05) is 0 Å². The first kappa shape index (κ1) is 9.94. The molecule has 1 saturated heterocycles. The van der Waals surface area contributed by atoms with Crippen LogP contribution in [0.15, 0.2) is 0 Å². The second-order valence-electron chi connectivity index (χ2n) is 7.70. The van der Waals surface area contributed by atoms with Gasteiger partial charge in [-0.1, -0.05) is 27.7 Å². The zero-order valence-corrected chi connectivity index (χ0v) is 11.0. The van der Waals surface area contributed by atoms with Crippen LogP contribution >= 0.6 is 0 Å². The molecule has 1 heteroatoms. The molecule has 0 bridgehead atoms. The summed E-state index contributed by atoms with van der Waals surface area (Å²) in [6.07, 6.45) is 6.13. The van der Waals surface area contributed by atoms with Crippen LogP contribution in [0.3, 0.4) is 0 Å². The molecule has 16 heavy (non-hydrogen) atoms. The van der Waals surface area contributed by atoms with E-state index < -0.39 is 0 Å². The standard InChI is InChI=1S/C15H24O/c1-9-5-6-11-15(16-11)8-7-10-12(13(10,2)3)14(9,15)4/h9-12H,5-8H2,1-4H3. The van der Waals surface area contributed by atoms with Gasteiger partial charge in [-0.2, -0.15) is 0 Å². The van der Waals surface area contributed by atoms with Gasteiger partial charge in [0.1, 0.15) is 5.60 Å². The van der Waals surface area contributed by atoms with Gasteiger partial charge in [-0.05, 0) is 48.9 Å². The van der Waals surface area contributed by atoms with Gasteiger partial charge in [-0.25, -0.2) is 0 Å². The molecule has 90 valence electrons. The second kappa shape index (κ2) is 2.39. The Morgan fingerprint density at radius 2 is 1.81 bits per heavy atom. The van der Waals surface area contributed by atoms with Crippen molar-refractivity contribution in [3.8, 4) is 0 Å². The van der Waals surface area contributed by atoms with Crippen LogP contribution < -0.4 is 0 Å². The smallest absolute Gasteiger partial charge is 0.101 e. The highest BCUT2D eigenvalue weighted by Gasteiger charge is 2.81. The highest BCUT2D eigenvalue weighted by molar-refractivity contribution is 5.29. The maximum Gasteiger partial charge on any atom is 0.101 e. The van der Waals surface area contributed by atoms with E-state index >= 15 is 0 Å². The molecule has 1 aliphatic heterocycles. The predicted octanol–water partition coefficient (Wildman–Crippen LogP) is 3.63. The lowest BCUT2D eigenvalue weighted by Crippen LogP contribution is -2.50. The van der Waals surface area contributed by atoms with E-state index in [4.69, 9.17) is 4.74 Å². The van der Waals surface area contributed by atoms with E-state index in [-0.39, 0.29) is 0 Å². The average Bonchev–Trinajstić information content (AvgIpc) is 3.05. The first-order valence-corrected chi connectivity index (χ1v) is 7.12. The van der Waals surface area contributed by atoms with Crippen LogP contribution in [-0.2, 0) is 4.74 Å². The van der Waals surface area contributed by atoms with Crippen LogP contribution in [0.1, 0.15) is 53.4 Å². The molecule has 4 rings (SSSR count). The van der Waals surface area contributed by atoms with Crippen molar-refractivity contribution in [3.63, 3.8) is 0 Å². The van der Waals surface area contributed by atoms with E-state index in [1.54, 1.807) is 0 Å². The summed E-state index contributed by atoms with van der Waals surface area (Å²) in [5.74, 6) is 2.79. The van der Waals surface area contributed by atoms with Crippen LogP contribution in [-0.4, -0.2) is 11.7 Å². The Morgan fingerprint density at radius 1 is 1.06 bits per heavy atom. The van der Waals surface area contributed by atoms with Crippen LogP contribution in [0.4, 0.5) is 0 Å². The van der Waals surface area contributed by atoms with Gasteiger partial charge < -0.3 is 4.74 Å². The number of ether oxygens (including phenoxy) is 1. The SMILES string of the molecule is CC1CCC2OC23CCC2C(C2(C)C)C13C. The Balaban J connectivity index is 1.81. The van der Waals surface area contributed by atoms with Crippen molar-refractivity contribution in [2.24, 2.45) is 28.6 Å². The van der Waals surface area contributed by atoms with Gasteiger partial charge in [0, 0.05) is 5.41 Å². The molecule has 0 radical (unpaired) electrons. The van der Waals surface area contributed by atoms with Gasteiger partial charge in [0.15, 0.2) is 0 Å². The molecule has 6 atom stereocenters. The molecule has 0 N–H and O–H groups in total. The minimum absolute atomic E-state index is 0.319. The summed E-state index contributed by atoms with van der Waals surface area (Å²) in [5.41, 5.74) is 1.41. The van der Waals surface area contributed by atoms with E-state index in [0.717, 1.165) is 17.8 Å². The Hall–Kier alpha value is -0.0400. The Kier molecular flexibility index (Phi) is 1.48. The van der Waals surface area contributed by atoms with Crippen molar-refractivity contribution in [2.75, 3.05) is 0 Å². The van der Waals surface area contributed by atoms with Gasteiger partial charge in [0.05, 0.1) is 6.10 Å². The molecule has 4 fully saturated rings. The summed E-state index contributed by atoms with van der Waals surface area (Å²) in [6.45, 7) is 10.0. The average molecular weight is 220 g/mol. The summed E-state index contributed by atoms with van der Waals surface area (Å²) in [7, 11) is 0. The van der Waals surface area contributed by atoms with Crippen molar-refractivity contribution >= 4 is 0 Å². The van der Waals surface area contributed by atoms with Gasteiger partial charge in [0.2, 0.25) is 0 Å². The van der Waals surface area contributed by atoms with E-state index in [1.165, 1.54) is 25.7 Å². The highest BCUT2D eigenvalue weighted by Crippen LogP contribution is 2.80. The molecule has 0 aromatic carbocycles. The topological polar surface area (TPSA) is 12.5 Å². The first-order chi connectivity index (χ1) is 7.44. The van der Waals surface area contributed by atoms with Gasteiger partial charge in [0.25, 0.3) is 0 Å². The molecular weight excluding hydrogens is 196 g/mol. The summed E-state index contributed by atoms with van der Waals surface area (Å²) >= 11 is 0. The molecule has 0 aromatic heterocycles. The van der Waals surface area contributed by atoms with Gasteiger partial charge in [-0.3, -0.25) is 0 Å². The summed E-state index contributed by atoms with van der Waals surface area (Å²) in [4.78, 5) is 0. The van der Waals surface area contributed by atoms with Gasteiger partial charge >= 0.3 is 0 Å². The van der Waals surface area contributed by atoms with Crippen LogP contribution in [0.5, 0.6) is 0 Å². The fourth-order valence-corrected chi connectivity index (χ4v) is 6.01. The lowest BCUT2D eigenvalue weighted by Gasteiger charge is -2.48. The second-order valence-corrected chi connectivity index (χ2v) is 7.70. The largest absolute Gasteiger partial charge is 0.365 e.